The number of ether oxygens (including phenoxy) is 1. The summed E-state index contributed by atoms with van der Waals surface area (Å²) in [6.45, 7) is 6.57. The number of carbonyl (C=O) groups excluding carboxylic acids is 1. The third-order valence-corrected chi connectivity index (χ3v) is 6.45. The lowest BCUT2D eigenvalue weighted by atomic mass is 10.1. The highest BCUT2D eigenvalue weighted by atomic mass is 35.5. The molecule has 0 saturated heterocycles. The van der Waals surface area contributed by atoms with Crippen molar-refractivity contribution in [1.29, 1.82) is 0 Å². The number of hydrogen-bond donors (Lipinski definition) is 0. The van der Waals surface area contributed by atoms with Crippen molar-refractivity contribution in [1.82, 2.24) is 14.5 Å². The van der Waals surface area contributed by atoms with Crippen LogP contribution in [0.2, 0.25) is 5.02 Å². The molecule has 4 aromatic rings. The molecule has 1 aromatic heterocycles. The van der Waals surface area contributed by atoms with E-state index < -0.39 is 6.04 Å². The van der Waals surface area contributed by atoms with Crippen LogP contribution in [-0.4, -0.2) is 34.0 Å². The van der Waals surface area contributed by atoms with Crippen molar-refractivity contribution in [3.8, 4) is 11.4 Å². The summed E-state index contributed by atoms with van der Waals surface area (Å²) in [5.41, 5.74) is 1.36. The molecule has 0 fully saturated rings. The Bertz CT molecular complexity index is 1450. The SMILES string of the molecule is CCC(c1nc2ccccc2c(=O)n1-c1ccccc1OC)N(CC(C)C)C(=O)c1ccccc1Cl. The second kappa shape index (κ2) is 11.0. The number of hydrogen-bond acceptors (Lipinski definition) is 4. The van der Waals surface area contributed by atoms with Gasteiger partial charge in [-0.2, -0.15) is 0 Å². The van der Waals surface area contributed by atoms with Gasteiger partial charge in [0.15, 0.2) is 0 Å². The average molecular weight is 504 g/mol. The van der Waals surface area contributed by atoms with Crippen molar-refractivity contribution < 1.29 is 9.53 Å². The van der Waals surface area contributed by atoms with E-state index in [2.05, 4.69) is 13.8 Å². The van der Waals surface area contributed by atoms with Crippen LogP contribution in [-0.2, 0) is 0 Å². The van der Waals surface area contributed by atoms with Crippen molar-refractivity contribution in [2.45, 2.75) is 33.2 Å². The summed E-state index contributed by atoms with van der Waals surface area (Å²) in [6.07, 6.45) is 0.544. The Hall–Kier alpha value is -3.64. The summed E-state index contributed by atoms with van der Waals surface area (Å²) in [5, 5.41) is 0.884. The molecule has 1 heterocycles. The van der Waals surface area contributed by atoms with Crippen LogP contribution in [0.5, 0.6) is 5.75 Å². The number of para-hydroxylation sites is 3. The number of aromatic nitrogens is 2. The first-order valence-corrected chi connectivity index (χ1v) is 12.5. The number of amides is 1. The summed E-state index contributed by atoms with van der Waals surface area (Å²) in [4.78, 5) is 34.6. The Kier molecular flexibility index (Phi) is 7.75. The second-order valence-corrected chi connectivity index (χ2v) is 9.46. The largest absolute Gasteiger partial charge is 0.495 e. The Balaban J connectivity index is 2.00. The zero-order valence-corrected chi connectivity index (χ0v) is 21.7. The van der Waals surface area contributed by atoms with Crippen LogP contribution in [0.1, 0.15) is 49.4 Å². The number of rotatable bonds is 8. The minimum atomic E-state index is -0.488. The van der Waals surface area contributed by atoms with Crippen molar-refractivity contribution in [2.24, 2.45) is 5.92 Å². The van der Waals surface area contributed by atoms with Gasteiger partial charge in [-0.15, -0.1) is 0 Å². The van der Waals surface area contributed by atoms with Gasteiger partial charge in [-0.3, -0.25) is 14.2 Å². The third kappa shape index (κ3) is 4.86. The van der Waals surface area contributed by atoms with E-state index in [1.807, 2.05) is 49.4 Å². The van der Waals surface area contributed by atoms with Crippen molar-refractivity contribution in [2.75, 3.05) is 13.7 Å². The van der Waals surface area contributed by atoms with Crippen LogP contribution in [0.25, 0.3) is 16.6 Å². The van der Waals surface area contributed by atoms with Crippen LogP contribution in [0.15, 0.2) is 77.6 Å². The predicted octanol–water partition coefficient (Wildman–Crippen LogP) is 6.30. The molecule has 1 unspecified atom stereocenters. The molecule has 0 aliphatic carbocycles. The molecule has 4 rings (SSSR count). The fourth-order valence-electron chi connectivity index (χ4n) is 4.50. The van der Waals surface area contributed by atoms with Crippen LogP contribution in [0.4, 0.5) is 0 Å². The van der Waals surface area contributed by atoms with E-state index in [4.69, 9.17) is 21.3 Å². The normalized spacial score (nSPS) is 12.1. The predicted molar refractivity (Wildman–Crippen MR) is 144 cm³/mol. The molecule has 0 saturated carbocycles. The third-order valence-electron chi connectivity index (χ3n) is 6.12. The number of fused-ring (bicyclic) bond motifs is 1. The maximum atomic E-state index is 13.9. The number of halogens is 1. The molecular formula is C29H30ClN3O3. The van der Waals surface area contributed by atoms with E-state index in [0.717, 1.165) is 0 Å². The van der Waals surface area contributed by atoms with Gasteiger partial charge in [0.1, 0.15) is 11.6 Å². The molecule has 1 amide bonds. The summed E-state index contributed by atoms with van der Waals surface area (Å²) < 4.78 is 7.19. The van der Waals surface area contributed by atoms with Crippen LogP contribution in [0, 0.1) is 5.92 Å². The van der Waals surface area contributed by atoms with E-state index in [9.17, 15) is 9.59 Å². The summed E-state index contributed by atoms with van der Waals surface area (Å²) in [7, 11) is 1.57. The molecule has 0 N–H and O–H groups in total. The number of benzene rings is 3. The van der Waals surface area contributed by atoms with Gasteiger partial charge in [0.25, 0.3) is 11.5 Å². The molecule has 186 valence electrons. The molecule has 1 atom stereocenters. The highest BCUT2D eigenvalue weighted by Crippen LogP contribution is 2.31. The first kappa shape index (κ1) is 25.5. The Labute approximate surface area is 216 Å². The fourth-order valence-corrected chi connectivity index (χ4v) is 4.71. The van der Waals surface area contributed by atoms with Gasteiger partial charge in [0, 0.05) is 6.54 Å². The van der Waals surface area contributed by atoms with E-state index in [0.29, 0.717) is 51.7 Å². The fraction of sp³-hybridized carbons (Fsp3) is 0.276. The Morgan fingerprint density at radius 3 is 2.39 bits per heavy atom. The molecule has 0 spiro atoms. The highest BCUT2D eigenvalue weighted by Gasteiger charge is 2.31. The molecular weight excluding hydrogens is 474 g/mol. The molecule has 36 heavy (non-hydrogen) atoms. The molecule has 0 aliphatic heterocycles. The van der Waals surface area contributed by atoms with Gasteiger partial charge in [-0.05, 0) is 48.7 Å². The lowest BCUT2D eigenvalue weighted by Crippen LogP contribution is -2.40. The lowest BCUT2D eigenvalue weighted by molar-refractivity contribution is 0.0631. The van der Waals surface area contributed by atoms with Gasteiger partial charge >= 0.3 is 0 Å². The second-order valence-electron chi connectivity index (χ2n) is 9.05. The molecule has 0 radical (unpaired) electrons. The minimum absolute atomic E-state index is 0.178. The van der Waals surface area contributed by atoms with Gasteiger partial charge in [0.05, 0.1) is 40.3 Å². The number of methoxy groups -OCH3 is 1. The maximum absolute atomic E-state index is 13.9. The average Bonchev–Trinajstić information content (AvgIpc) is 2.88. The maximum Gasteiger partial charge on any atom is 0.266 e. The molecule has 6 nitrogen and oxygen atoms in total. The quantitative estimate of drug-likeness (QED) is 0.283. The summed E-state index contributed by atoms with van der Waals surface area (Å²) in [5.74, 6) is 1.000. The topological polar surface area (TPSA) is 64.4 Å². The van der Waals surface area contributed by atoms with Crippen molar-refractivity contribution >= 4 is 28.4 Å². The molecule has 7 heteroatoms. The molecule has 0 bridgehead atoms. The highest BCUT2D eigenvalue weighted by molar-refractivity contribution is 6.33. The standard InChI is InChI=1S/C29H30ClN3O3/c1-5-24(32(18-19(2)3)28(34)20-12-6-8-14-22(20)30)27-31-23-15-9-7-13-21(23)29(35)33(27)25-16-10-11-17-26(25)36-4/h6-17,19,24H,5,18H2,1-4H3. The van der Waals surface area contributed by atoms with Crippen LogP contribution < -0.4 is 10.3 Å². The minimum Gasteiger partial charge on any atom is -0.495 e. The van der Waals surface area contributed by atoms with E-state index >= 15 is 0 Å². The summed E-state index contributed by atoms with van der Waals surface area (Å²) >= 11 is 6.43. The van der Waals surface area contributed by atoms with E-state index in [-0.39, 0.29) is 17.4 Å². The number of nitrogens with zero attached hydrogens (tertiary/aromatic N) is 3. The first-order valence-electron chi connectivity index (χ1n) is 12.1. The van der Waals surface area contributed by atoms with E-state index in [1.165, 1.54) is 0 Å². The van der Waals surface area contributed by atoms with Gasteiger partial charge in [0.2, 0.25) is 0 Å². The zero-order chi connectivity index (χ0) is 25.8. The smallest absolute Gasteiger partial charge is 0.266 e. The van der Waals surface area contributed by atoms with Crippen molar-refractivity contribution in [3.05, 3.63) is 99.6 Å². The van der Waals surface area contributed by atoms with Crippen LogP contribution in [0.3, 0.4) is 0 Å². The van der Waals surface area contributed by atoms with Crippen LogP contribution >= 0.6 is 11.6 Å². The Morgan fingerprint density at radius 2 is 1.69 bits per heavy atom. The first-order chi connectivity index (χ1) is 17.4. The summed E-state index contributed by atoms with van der Waals surface area (Å²) in [6, 6.07) is 21.2. The lowest BCUT2D eigenvalue weighted by Gasteiger charge is -2.34. The van der Waals surface area contributed by atoms with Gasteiger partial charge in [-0.1, -0.05) is 68.8 Å². The van der Waals surface area contributed by atoms with Crippen molar-refractivity contribution in [3.63, 3.8) is 0 Å². The van der Waals surface area contributed by atoms with E-state index in [1.54, 1.807) is 46.9 Å². The van der Waals surface area contributed by atoms with Gasteiger partial charge < -0.3 is 9.64 Å². The molecule has 3 aromatic carbocycles. The monoisotopic (exact) mass is 503 g/mol. The Morgan fingerprint density at radius 1 is 1.03 bits per heavy atom. The molecule has 0 aliphatic rings. The zero-order valence-electron chi connectivity index (χ0n) is 20.9. The van der Waals surface area contributed by atoms with Gasteiger partial charge in [-0.25, -0.2) is 4.98 Å². The number of carbonyl (C=O) groups is 1.